The molecule has 112 valence electrons. The second-order valence-corrected chi connectivity index (χ2v) is 5.63. The monoisotopic (exact) mass is 305 g/mol. The number of aryl methyl sites for hydroxylation is 1. The Labute approximate surface area is 131 Å². The fourth-order valence-electron chi connectivity index (χ4n) is 2.52. The molecule has 0 saturated carbocycles. The summed E-state index contributed by atoms with van der Waals surface area (Å²) >= 11 is 6.16. The van der Waals surface area contributed by atoms with Crippen molar-refractivity contribution in [3.63, 3.8) is 0 Å². The van der Waals surface area contributed by atoms with Gasteiger partial charge in [0, 0.05) is 11.6 Å². The van der Waals surface area contributed by atoms with Gasteiger partial charge in [-0.25, -0.2) is 4.39 Å². The summed E-state index contributed by atoms with van der Waals surface area (Å²) in [5.74, 6) is -0.265. The molecular formula is C18H21ClFN. The van der Waals surface area contributed by atoms with Gasteiger partial charge in [-0.1, -0.05) is 49.7 Å². The van der Waals surface area contributed by atoms with E-state index in [2.05, 4.69) is 31.3 Å². The van der Waals surface area contributed by atoms with Crippen molar-refractivity contribution in [1.82, 2.24) is 5.32 Å². The topological polar surface area (TPSA) is 12.0 Å². The van der Waals surface area contributed by atoms with E-state index in [-0.39, 0.29) is 5.82 Å². The second kappa shape index (κ2) is 7.06. The zero-order chi connectivity index (χ0) is 15.4. The highest BCUT2D eigenvalue weighted by Crippen LogP contribution is 2.31. The molecule has 0 aliphatic heterocycles. The zero-order valence-corrected chi connectivity index (χ0v) is 13.5. The Morgan fingerprint density at radius 2 is 1.81 bits per heavy atom. The Hall–Kier alpha value is -1.38. The van der Waals surface area contributed by atoms with Gasteiger partial charge in [0.15, 0.2) is 0 Å². The maximum Gasteiger partial charge on any atom is 0.127 e. The van der Waals surface area contributed by atoms with E-state index in [1.807, 2.05) is 12.1 Å². The Balaban J connectivity index is 2.33. The smallest absolute Gasteiger partial charge is 0.127 e. The first-order valence-corrected chi connectivity index (χ1v) is 7.74. The molecule has 1 N–H and O–H groups in total. The summed E-state index contributed by atoms with van der Waals surface area (Å²) in [7, 11) is 0. The van der Waals surface area contributed by atoms with Crippen molar-refractivity contribution in [2.24, 2.45) is 0 Å². The SMILES string of the molecule is CCNC(CC)c1ccc(-c2cc(C)c(F)cc2Cl)cc1. The normalized spacial score (nSPS) is 12.4. The summed E-state index contributed by atoms with van der Waals surface area (Å²) in [6, 6.07) is 11.9. The van der Waals surface area contributed by atoms with Crippen LogP contribution in [0.1, 0.15) is 37.4 Å². The molecule has 0 saturated heterocycles. The lowest BCUT2D eigenvalue weighted by atomic mass is 9.98. The highest BCUT2D eigenvalue weighted by molar-refractivity contribution is 6.33. The quantitative estimate of drug-likeness (QED) is 0.767. The molecule has 0 aromatic heterocycles. The van der Waals surface area contributed by atoms with Gasteiger partial charge in [-0.15, -0.1) is 0 Å². The van der Waals surface area contributed by atoms with Crippen molar-refractivity contribution in [2.75, 3.05) is 6.54 Å². The molecule has 2 aromatic carbocycles. The van der Waals surface area contributed by atoms with Crippen LogP contribution in [0.15, 0.2) is 36.4 Å². The Morgan fingerprint density at radius 3 is 2.38 bits per heavy atom. The fourth-order valence-corrected chi connectivity index (χ4v) is 2.78. The molecule has 0 fully saturated rings. The van der Waals surface area contributed by atoms with E-state index >= 15 is 0 Å². The van der Waals surface area contributed by atoms with Crippen molar-refractivity contribution in [3.8, 4) is 11.1 Å². The zero-order valence-electron chi connectivity index (χ0n) is 12.7. The molecule has 1 nitrogen and oxygen atoms in total. The van der Waals surface area contributed by atoms with Gasteiger partial charge in [0.25, 0.3) is 0 Å². The Bertz CT molecular complexity index is 607. The third-order valence-corrected chi connectivity index (χ3v) is 4.04. The lowest BCUT2D eigenvalue weighted by Crippen LogP contribution is -2.19. The standard InChI is InChI=1S/C18H21ClFN/c1-4-18(21-5-2)14-8-6-13(7-9-14)15-10-12(3)17(20)11-16(15)19/h6-11,18,21H,4-5H2,1-3H3. The van der Waals surface area contributed by atoms with Crippen LogP contribution < -0.4 is 5.32 Å². The molecule has 0 spiro atoms. The third kappa shape index (κ3) is 3.63. The summed E-state index contributed by atoms with van der Waals surface area (Å²) in [5, 5.41) is 3.91. The van der Waals surface area contributed by atoms with Gasteiger partial charge < -0.3 is 5.32 Å². The minimum Gasteiger partial charge on any atom is -0.310 e. The lowest BCUT2D eigenvalue weighted by Gasteiger charge is -2.17. The van der Waals surface area contributed by atoms with E-state index in [0.29, 0.717) is 16.6 Å². The molecule has 21 heavy (non-hydrogen) atoms. The minimum atomic E-state index is -0.265. The van der Waals surface area contributed by atoms with Gasteiger partial charge in [-0.2, -0.15) is 0 Å². The second-order valence-electron chi connectivity index (χ2n) is 5.22. The molecule has 0 heterocycles. The van der Waals surface area contributed by atoms with E-state index in [1.165, 1.54) is 11.6 Å². The average molecular weight is 306 g/mol. The first kappa shape index (κ1) is 16.0. The number of halogens is 2. The molecule has 2 aromatic rings. The molecule has 0 radical (unpaired) electrons. The molecule has 0 aliphatic carbocycles. The minimum absolute atomic E-state index is 0.265. The van der Waals surface area contributed by atoms with Crippen molar-refractivity contribution in [1.29, 1.82) is 0 Å². The summed E-state index contributed by atoms with van der Waals surface area (Å²) in [5.41, 5.74) is 3.76. The molecule has 2 rings (SSSR count). The van der Waals surface area contributed by atoms with Crippen LogP contribution in [-0.2, 0) is 0 Å². The summed E-state index contributed by atoms with van der Waals surface area (Å²) in [4.78, 5) is 0. The van der Waals surface area contributed by atoms with E-state index in [4.69, 9.17) is 11.6 Å². The highest BCUT2D eigenvalue weighted by atomic mass is 35.5. The van der Waals surface area contributed by atoms with Gasteiger partial charge in [-0.05, 0) is 48.7 Å². The fraction of sp³-hybridized carbons (Fsp3) is 0.333. The lowest BCUT2D eigenvalue weighted by molar-refractivity contribution is 0.537. The van der Waals surface area contributed by atoms with Crippen LogP contribution in [0.5, 0.6) is 0 Å². The predicted octanol–water partition coefficient (Wildman–Crippen LogP) is 5.52. The van der Waals surface area contributed by atoms with Crippen molar-refractivity contribution in [3.05, 3.63) is 58.4 Å². The number of hydrogen-bond acceptors (Lipinski definition) is 1. The molecule has 0 bridgehead atoms. The van der Waals surface area contributed by atoms with Gasteiger partial charge >= 0.3 is 0 Å². The maximum absolute atomic E-state index is 13.5. The maximum atomic E-state index is 13.5. The highest BCUT2D eigenvalue weighted by Gasteiger charge is 2.10. The van der Waals surface area contributed by atoms with Gasteiger partial charge in [0.05, 0.1) is 5.02 Å². The third-order valence-electron chi connectivity index (χ3n) is 3.73. The van der Waals surface area contributed by atoms with Crippen LogP contribution in [0.4, 0.5) is 4.39 Å². The average Bonchev–Trinajstić information content (AvgIpc) is 2.49. The largest absolute Gasteiger partial charge is 0.310 e. The van der Waals surface area contributed by atoms with E-state index < -0.39 is 0 Å². The molecular weight excluding hydrogens is 285 g/mol. The van der Waals surface area contributed by atoms with Crippen LogP contribution in [0.3, 0.4) is 0 Å². The summed E-state index contributed by atoms with van der Waals surface area (Å²) < 4.78 is 13.5. The molecule has 3 heteroatoms. The van der Waals surface area contributed by atoms with E-state index in [0.717, 1.165) is 24.1 Å². The van der Waals surface area contributed by atoms with Crippen LogP contribution in [0.2, 0.25) is 5.02 Å². The van der Waals surface area contributed by atoms with Gasteiger partial charge in [0.1, 0.15) is 5.82 Å². The summed E-state index contributed by atoms with van der Waals surface area (Å²) in [6.07, 6.45) is 1.05. The van der Waals surface area contributed by atoms with Crippen molar-refractivity contribution < 1.29 is 4.39 Å². The number of benzene rings is 2. The van der Waals surface area contributed by atoms with Crippen molar-refractivity contribution in [2.45, 2.75) is 33.2 Å². The van der Waals surface area contributed by atoms with Crippen LogP contribution in [-0.4, -0.2) is 6.54 Å². The predicted molar refractivity (Wildman–Crippen MR) is 88.3 cm³/mol. The molecule has 0 amide bonds. The first-order chi connectivity index (χ1) is 10.1. The van der Waals surface area contributed by atoms with Gasteiger partial charge in [0.2, 0.25) is 0 Å². The number of hydrogen-bond donors (Lipinski definition) is 1. The molecule has 1 unspecified atom stereocenters. The van der Waals surface area contributed by atoms with E-state index in [9.17, 15) is 4.39 Å². The van der Waals surface area contributed by atoms with Gasteiger partial charge in [-0.3, -0.25) is 0 Å². The van der Waals surface area contributed by atoms with Crippen LogP contribution in [0.25, 0.3) is 11.1 Å². The summed E-state index contributed by atoms with van der Waals surface area (Å²) in [6.45, 7) is 6.98. The van der Waals surface area contributed by atoms with Crippen molar-refractivity contribution >= 4 is 11.6 Å². The Morgan fingerprint density at radius 1 is 1.14 bits per heavy atom. The molecule has 0 aliphatic rings. The van der Waals surface area contributed by atoms with E-state index in [1.54, 1.807) is 13.0 Å². The van der Waals surface area contributed by atoms with Crippen LogP contribution in [0, 0.1) is 12.7 Å². The molecule has 1 atom stereocenters. The number of rotatable bonds is 5. The van der Waals surface area contributed by atoms with Crippen LogP contribution >= 0.6 is 11.6 Å². The number of nitrogens with one attached hydrogen (secondary N) is 1. The Kier molecular flexibility index (Phi) is 5.38. The first-order valence-electron chi connectivity index (χ1n) is 7.36.